The highest BCUT2D eigenvalue weighted by Crippen LogP contribution is 2.49. The number of rotatable bonds is 4. The van der Waals surface area contributed by atoms with Crippen molar-refractivity contribution in [2.45, 2.75) is 90.9 Å². The minimum Gasteiger partial charge on any atom is -0.0914 e. The van der Waals surface area contributed by atoms with Crippen molar-refractivity contribution in [3.63, 3.8) is 0 Å². The summed E-state index contributed by atoms with van der Waals surface area (Å²) in [5.74, 6) is 6.35. The van der Waals surface area contributed by atoms with E-state index in [4.69, 9.17) is 0 Å². The molecule has 3 aliphatic carbocycles. The molecule has 4 atom stereocenters. The first-order valence-corrected chi connectivity index (χ1v) is 10.4. The van der Waals surface area contributed by atoms with Crippen molar-refractivity contribution in [2.75, 3.05) is 0 Å². The van der Waals surface area contributed by atoms with E-state index in [2.05, 4.69) is 26.0 Å². The van der Waals surface area contributed by atoms with Gasteiger partial charge in [-0.25, -0.2) is 0 Å². The quantitative estimate of drug-likeness (QED) is 0.490. The lowest BCUT2D eigenvalue weighted by molar-refractivity contribution is 0.0671. The fraction of sp³-hybridized carbons (Fsp3) is 0.909. The smallest absolute Gasteiger partial charge is 0.0231 e. The molecule has 0 nitrogen and oxygen atoms in total. The van der Waals surface area contributed by atoms with Crippen molar-refractivity contribution >= 4 is 0 Å². The highest BCUT2D eigenvalue weighted by Gasteiger charge is 2.38. The Labute approximate surface area is 139 Å². The molecule has 0 aromatic carbocycles. The summed E-state index contributed by atoms with van der Waals surface area (Å²) in [7, 11) is 0. The summed E-state index contributed by atoms with van der Waals surface area (Å²) >= 11 is 0. The van der Waals surface area contributed by atoms with E-state index in [-0.39, 0.29) is 0 Å². The second-order valence-electron chi connectivity index (χ2n) is 8.76. The Hall–Kier alpha value is -0.260. The van der Waals surface area contributed by atoms with Crippen LogP contribution in [0.15, 0.2) is 12.2 Å². The minimum absolute atomic E-state index is 0.910. The van der Waals surface area contributed by atoms with Gasteiger partial charge in [-0.2, -0.15) is 0 Å². The molecule has 4 unspecified atom stereocenters. The predicted octanol–water partition coefficient (Wildman–Crippen LogP) is 7.00. The molecule has 126 valence electrons. The molecular formula is C22H38. The van der Waals surface area contributed by atoms with Gasteiger partial charge in [-0.1, -0.05) is 44.8 Å². The number of fused-ring (bicyclic) bond motifs is 1. The Kier molecular flexibility index (Phi) is 6.05. The second kappa shape index (κ2) is 8.02. The van der Waals surface area contributed by atoms with Gasteiger partial charge in [0.15, 0.2) is 0 Å². The summed E-state index contributed by atoms with van der Waals surface area (Å²) in [6.45, 7) is 4.55. The Morgan fingerprint density at radius 2 is 1.32 bits per heavy atom. The van der Waals surface area contributed by atoms with Crippen molar-refractivity contribution in [1.29, 1.82) is 0 Å². The van der Waals surface area contributed by atoms with Crippen molar-refractivity contribution in [1.82, 2.24) is 0 Å². The third-order valence-electron chi connectivity index (χ3n) is 7.41. The zero-order chi connectivity index (χ0) is 15.4. The Balaban J connectivity index is 1.47. The minimum atomic E-state index is 0.910. The van der Waals surface area contributed by atoms with E-state index in [0.29, 0.717) is 0 Å². The van der Waals surface area contributed by atoms with Crippen LogP contribution in [0, 0.1) is 35.5 Å². The van der Waals surface area contributed by atoms with Crippen LogP contribution >= 0.6 is 0 Å². The van der Waals surface area contributed by atoms with Crippen molar-refractivity contribution < 1.29 is 0 Å². The summed E-state index contributed by atoms with van der Waals surface area (Å²) < 4.78 is 0. The van der Waals surface area contributed by atoms with Gasteiger partial charge < -0.3 is 0 Å². The van der Waals surface area contributed by atoms with Crippen LogP contribution in [-0.2, 0) is 0 Å². The predicted molar refractivity (Wildman–Crippen MR) is 96.8 cm³/mol. The molecule has 0 heterocycles. The lowest BCUT2D eigenvalue weighted by Gasteiger charge is -2.45. The van der Waals surface area contributed by atoms with E-state index >= 15 is 0 Å². The van der Waals surface area contributed by atoms with Crippen LogP contribution in [0.25, 0.3) is 0 Å². The average molecular weight is 303 g/mol. The molecule has 0 amide bonds. The molecule has 22 heavy (non-hydrogen) atoms. The van der Waals surface area contributed by atoms with Gasteiger partial charge in [0.1, 0.15) is 0 Å². The summed E-state index contributed by atoms with van der Waals surface area (Å²) in [6, 6.07) is 0. The van der Waals surface area contributed by atoms with E-state index in [1.807, 2.05) is 0 Å². The zero-order valence-corrected chi connectivity index (χ0v) is 15.1. The molecule has 3 fully saturated rings. The SMILES string of the molecule is CC=CC1CCC2CC(C3CCC(CCC)CC3)CCC2C1. The highest BCUT2D eigenvalue weighted by atomic mass is 14.4. The summed E-state index contributed by atoms with van der Waals surface area (Å²) in [5.41, 5.74) is 0. The molecule has 0 N–H and O–H groups in total. The van der Waals surface area contributed by atoms with E-state index in [9.17, 15) is 0 Å². The van der Waals surface area contributed by atoms with Crippen molar-refractivity contribution in [3.05, 3.63) is 12.2 Å². The lowest BCUT2D eigenvalue weighted by Crippen LogP contribution is -2.34. The molecule has 0 radical (unpaired) electrons. The lowest BCUT2D eigenvalue weighted by atomic mass is 9.61. The van der Waals surface area contributed by atoms with Crippen LogP contribution in [0.5, 0.6) is 0 Å². The molecule has 3 saturated carbocycles. The number of hydrogen-bond donors (Lipinski definition) is 0. The van der Waals surface area contributed by atoms with Gasteiger partial charge in [0.2, 0.25) is 0 Å². The van der Waals surface area contributed by atoms with E-state index in [1.54, 1.807) is 44.9 Å². The van der Waals surface area contributed by atoms with Gasteiger partial charge in [0.25, 0.3) is 0 Å². The third kappa shape index (κ3) is 3.98. The first kappa shape index (κ1) is 16.6. The normalized spacial score (nSPS) is 43.2. The first-order valence-electron chi connectivity index (χ1n) is 10.4. The van der Waals surface area contributed by atoms with E-state index in [1.165, 1.54) is 32.1 Å². The molecule has 0 aromatic heterocycles. The van der Waals surface area contributed by atoms with Crippen LogP contribution in [-0.4, -0.2) is 0 Å². The largest absolute Gasteiger partial charge is 0.0914 e. The van der Waals surface area contributed by atoms with Crippen LogP contribution in [0.3, 0.4) is 0 Å². The standard InChI is InChI=1S/C22H38/c1-3-5-17-7-10-19(11-8-17)21-14-13-20-15-18(6-4-2)9-12-22(20)16-21/h4,6,17-22H,3,5,7-16H2,1-2H3. The molecule has 3 rings (SSSR count). The molecule has 0 aliphatic heterocycles. The molecule has 0 bridgehead atoms. The van der Waals surface area contributed by atoms with Crippen molar-refractivity contribution in [2.24, 2.45) is 35.5 Å². The molecule has 3 aliphatic rings. The monoisotopic (exact) mass is 302 g/mol. The second-order valence-corrected chi connectivity index (χ2v) is 8.76. The summed E-state index contributed by atoms with van der Waals surface area (Å²) in [6.07, 6.45) is 23.1. The maximum Gasteiger partial charge on any atom is -0.0231 e. The van der Waals surface area contributed by atoms with Crippen LogP contribution in [0.2, 0.25) is 0 Å². The van der Waals surface area contributed by atoms with Gasteiger partial charge in [-0.05, 0) is 93.8 Å². The summed E-state index contributed by atoms with van der Waals surface area (Å²) in [5, 5.41) is 0. The van der Waals surface area contributed by atoms with Crippen LogP contribution < -0.4 is 0 Å². The van der Waals surface area contributed by atoms with Crippen molar-refractivity contribution in [3.8, 4) is 0 Å². The maximum atomic E-state index is 2.48. The Morgan fingerprint density at radius 1 is 0.727 bits per heavy atom. The Morgan fingerprint density at radius 3 is 2.00 bits per heavy atom. The van der Waals surface area contributed by atoms with Crippen LogP contribution in [0.1, 0.15) is 90.9 Å². The Bertz CT molecular complexity index is 347. The van der Waals surface area contributed by atoms with Gasteiger partial charge in [0.05, 0.1) is 0 Å². The third-order valence-corrected chi connectivity index (χ3v) is 7.41. The maximum absolute atomic E-state index is 2.48. The van der Waals surface area contributed by atoms with Crippen LogP contribution in [0.4, 0.5) is 0 Å². The molecule has 0 spiro atoms. The van der Waals surface area contributed by atoms with E-state index in [0.717, 1.165) is 35.5 Å². The summed E-state index contributed by atoms with van der Waals surface area (Å²) in [4.78, 5) is 0. The molecular weight excluding hydrogens is 264 g/mol. The molecule has 0 aromatic rings. The number of hydrogen-bond acceptors (Lipinski definition) is 0. The van der Waals surface area contributed by atoms with Gasteiger partial charge in [-0.15, -0.1) is 0 Å². The van der Waals surface area contributed by atoms with Gasteiger partial charge in [-0.3, -0.25) is 0 Å². The molecule has 0 saturated heterocycles. The fourth-order valence-electron chi connectivity index (χ4n) is 6.19. The highest BCUT2D eigenvalue weighted by molar-refractivity contribution is 4.95. The zero-order valence-electron chi connectivity index (χ0n) is 15.1. The van der Waals surface area contributed by atoms with E-state index < -0.39 is 0 Å². The number of allylic oxidation sites excluding steroid dienone is 2. The fourth-order valence-corrected chi connectivity index (χ4v) is 6.19. The topological polar surface area (TPSA) is 0 Å². The molecule has 0 heteroatoms. The average Bonchev–Trinajstić information content (AvgIpc) is 2.56. The van der Waals surface area contributed by atoms with Gasteiger partial charge in [0, 0.05) is 0 Å². The van der Waals surface area contributed by atoms with Gasteiger partial charge >= 0.3 is 0 Å². The first-order chi connectivity index (χ1) is 10.8.